The minimum Gasteiger partial charge on any atom is -0.486 e. The number of aryl methyl sites for hydroxylation is 1. The van der Waals surface area contributed by atoms with Crippen LogP contribution in [0.2, 0.25) is 5.02 Å². The van der Waals surface area contributed by atoms with Crippen LogP contribution in [0.25, 0.3) is 0 Å². The lowest BCUT2D eigenvalue weighted by Crippen LogP contribution is -2.18. The van der Waals surface area contributed by atoms with Crippen LogP contribution in [0.4, 0.5) is 5.69 Å². The van der Waals surface area contributed by atoms with E-state index in [9.17, 15) is 8.42 Å². The summed E-state index contributed by atoms with van der Waals surface area (Å²) in [6, 6.07) is 8.06. The highest BCUT2D eigenvalue weighted by molar-refractivity contribution is 9.10. The largest absolute Gasteiger partial charge is 0.486 e. The van der Waals surface area contributed by atoms with Gasteiger partial charge in [0.2, 0.25) is 0 Å². The number of hydrogen-bond acceptors (Lipinski definition) is 4. The van der Waals surface area contributed by atoms with E-state index in [2.05, 4.69) is 20.7 Å². The van der Waals surface area contributed by atoms with Crippen LogP contribution in [0.1, 0.15) is 5.56 Å². The molecule has 0 saturated carbocycles. The van der Waals surface area contributed by atoms with E-state index in [4.69, 9.17) is 21.1 Å². The molecule has 122 valence electrons. The first-order valence-electron chi connectivity index (χ1n) is 6.75. The SMILES string of the molecule is Cc1ccc(Cl)cc1NS(=O)(=O)c1cc2c(cc1Br)OCCO2. The Bertz CT molecular complexity index is 870. The first-order valence-corrected chi connectivity index (χ1v) is 9.40. The maximum absolute atomic E-state index is 12.7. The number of benzene rings is 2. The van der Waals surface area contributed by atoms with E-state index in [1.165, 1.54) is 6.07 Å². The van der Waals surface area contributed by atoms with Gasteiger partial charge in [-0.2, -0.15) is 0 Å². The van der Waals surface area contributed by atoms with Gasteiger partial charge in [-0.1, -0.05) is 17.7 Å². The van der Waals surface area contributed by atoms with Crippen molar-refractivity contribution in [3.8, 4) is 11.5 Å². The highest BCUT2D eigenvalue weighted by Crippen LogP contribution is 2.38. The number of fused-ring (bicyclic) bond motifs is 1. The molecule has 1 aliphatic rings. The number of halogens is 2. The molecular formula is C15H13BrClNO4S. The predicted octanol–water partition coefficient (Wildman–Crippen LogP) is 3.98. The van der Waals surface area contributed by atoms with Crippen LogP contribution in [0.5, 0.6) is 11.5 Å². The zero-order valence-corrected chi connectivity index (χ0v) is 15.3. The van der Waals surface area contributed by atoms with Crippen LogP contribution in [0.15, 0.2) is 39.7 Å². The van der Waals surface area contributed by atoms with Crippen molar-refractivity contribution in [2.45, 2.75) is 11.8 Å². The van der Waals surface area contributed by atoms with Gasteiger partial charge in [0, 0.05) is 15.6 Å². The summed E-state index contributed by atoms with van der Waals surface area (Å²) in [4.78, 5) is 0.0705. The third-order valence-electron chi connectivity index (χ3n) is 3.33. The molecule has 0 unspecified atom stereocenters. The Morgan fingerprint density at radius 2 is 1.78 bits per heavy atom. The maximum atomic E-state index is 12.7. The molecule has 23 heavy (non-hydrogen) atoms. The summed E-state index contributed by atoms with van der Waals surface area (Å²) in [5.74, 6) is 0.920. The molecule has 1 aliphatic heterocycles. The zero-order chi connectivity index (χ0) is 16.6. The second kappa shape index (κ2) is 6.22. The molecule has 0 bridgehead atoms. The van der Waals surface area contributed by atoms with Crippen molar-refractivity contribution in [2.24, 2.45) is 0 Å². The average Bonchev–Trinajstić information content (AvgIpc) is 2.50. The van der Waals surface area contributed by atoms with E-state index in [0.717, 1.165) is 5.56 Å². The van der Waals surface area contributed by atoms with Crippen molar-refractivity contribution in [3.05, 3.63) is 45.4 Å². The molecule has 5 nitrogen and oxygen atoms in total. The molecule has 0 spiro atoms. The molecular weight excluding hydrogens is 406 g/mol. The number of rotatable bonds is 3. The highest BCUT2D eigenvalue weighted by atomic mass is 79.9. The van der Waals surface area contributed by atoms with Crippen molar-refractivity contribution in [1.29, 1.82) is 0 Å². The standard InChI is InChI=1S/C15H13BrClNO4S/c1-9-2-3-10(17)6-12(9)18-23(19,20)15-8-14-13(7-11(15)16)21-4-5-22-14/h2-3,6-8,18H,4-5H2,1H3. The second-order valence-corrected chi connectivity index (χ2v) is 7.93. The molecule has 2 aromatic carbocycles. The lowest BCUT2D eigenvalue weighted by Gasteiger charge is -2.20. The Balaban J connectivity index is 2.01. The van der Waals surface area contributed by atoms with Gasteiger partial charge in [0.05, 0.1) is 5.69 Å². The van der Waals surface area contributed by atoms with Gasteiger partial charge in [-0.15, -0.1) is 0 Å². The van der Waals surface area contributed by atoms with E-state index in [-0.39, 0.29) is 4.90 Å². The van der Waals surface area contributed by atoms with E-state index in [0.29, 0.717) is 39.9 Å². The summed E-state index contributed by atoms with van der Waals surface area (Å²) in [5, 5.41) is 0.453. The first kappa shape index (κ1) is 16.4. The van der Waals surface area contributed by atoms with Gasteiger partial charge in [-0.05, 0) is 46.6 Å². The molecule has 0 amide bonds. The Kier molecular flexibility index (Phi) is 4.44. The molecule has 2 aromatic rings. The number of sulfonamides is 1. The fourth-order valence-corrected chi connectivity index (χ4v) is 4.49. The van der Waals surface area contributed by atoms with Crippen molar-refractivity contribution in [1.82, 2.24) is 0 Å². The van der Waals surface area contributed by atoms with Gasteiger partial charge >= 0.3 is 0 Å². The summed E-state index contributed by atoms with van der Waals surface area (Å²) in [6.45, 7) is 2.62. The number of anilines is 1. The Hall–Kier alpha value is -1.44. The third kappa shape index (κ3) is 3.41. The molecule has 8 heteroatoms. The summed E-state index contributed by atoms with van der Waals surface area (Å²) in [7, 11) is -3.81. The second-order valence-electron chi connectivity index (χ2n) is 4.99. The van der Waals surface area contributed by atoms with Crippen LogP contribution in [0, 0.1) is 6.92 Å². The van der Waals surface area contributed by atoms with Crippen LogP contribution < -0.4 is 14.2 Å². The Morgan fingerprint density at radius 3 is 2.48 bits per heavy atom. The predicted molar refractivity (Wildman–Crippen MR) is 92.1 cm³/mol. The zero-order valence-electron chi connectivity index (χ0n) is 12.1. The van der Waals surface area contributed by atoms with E-state index in [1.54, 1.807) is 31.2 Å². The van der Waals surface area contributed by atoms with Crippen molar-refractivity contribution >= 4 is 43.2 Å². The first-order chi connectivity index (χ1) is 10.9. The number of hydrogen-bond donors (Lipinski definition) is 1. The number of ether oxygens (including phenoxy) is 2. The molecule has 3 rings (SSSR count). The maximum Gasteiger partial charge on any atom is 0.263 e. The Morgan fingerprint density at radius 1 is 1.13 bits per heavy atom. The van der Waals surface area contributed by atoms with E-state index < -0.39 is 10.0 Å². The molecule has 0 saturated heterocycles. The van der Waals surface area contributed by atoms with Crippen molar-refractivity contribution < 1.29 is 17.9 Å². The minimum atomic E-state index is -3.81. The summed E-state index contributed by atoms with van der Waals surface area (Å²) >= 11 is 9.21. The third-order valence-corrected chi connectivity index (χ3v) is 5.89. The molecule has 0 atom stereocenters. The molecule has 0 aliphatic carbocycles. The van der Waals surface area contributed by atoms with Gasteiger partial charge in [-0.3, -0.25) is 4.72 Å². The quantitative estimate of drug-likeness (QED) is 0.819. The molecule has 0 aromatic heterocycles. The van der Waals surface area contributed by atoms with Gasteiger partial charge in [0.15, 0.2) is 11.5 Å². The lowest BCUT2D eigenvalue weighted by molar-refractivity contribution is 0.171. The van der Waals surface area contributed by atoms with Crippen molar-refractivity contribution in [3.63, 3.8) is 0 Å². The normalized spacial score (nSPS) is 13.7. The van der Waals surface area contributed by atoms with Crippen molar-refractivity contribution in [2.75, 3.05) is 17.9 Å². The van der Waals surface area contributed by atoms with E-state index >= 15 is 0 Å². The van der Waals surface area contributed by atoms with Crippen LogP contribution in [-0.4, -0.2) is 21.6 Å². The molecule has 0 fully saturated rings. The Labute approximate surface area is 147 Å². The summed E-state index contributed by atoms with van der Waals surface area (Å²) < 4.78 is 39.2. The van der Waals surface area contributed by atoms with Crippen LogP contribution in [-0.2, 0) is 10.0 Å². The lowest BCUT2D eigenvalue weighted by atomic mass is 10.2. The van der Waals surface area contributed by atoms with Gasteiger partial charge in [-0.25, -0.2) is 8.42 Å². The van der Waals surface area contributed by atoms with Crippen LogP contribution in [0.3, 0.4) is 0 Å². The molecule has 1 N–H and O–H groups in total. The monoisotopic (exact) mass is 417 g/mol. The fourth-order valence-electron chi connectivity index (χ4n) is 2.16. The summed E-state index contributed by atoms with van der Waals surface area (Å²) in [6.07, 6.45) is 0. The number of nitrogens with one attached hydrogen (secondary N) is 1. The highest BCUT2D eigenvalue weighted by Gasteiger charge is 2.23. The van der Waals surface area contributed by atoms with Gasteiger partial charge in [0.1, 0.15) is 18.1 Å². The summed E-state index contributed by atoms with van der Waals surface area (Å²) in [5.41, 5.74) is 1.20. The fraction of sp³-hybridized carbons (Fsp3) is 0.200. The van der Waals surface area contributed by atoms with Gasteiger partial charge < -0.3 is 9.47 Å². The minimum absolute atomic E-state index is 0.0705. The van der Waals surface area contributed by atoms with Crippen LogP contribution >= 0.6 is 27.5 Å². The molecule has 1 heterocycles. The topological polar surface area (TPSA) is 64.6 Å². The van der Waals surface area contributed by atoms with E-state index in [1.807, 2.05) is 0 Å². The average molecular weight is 419 g/mol. The van der Waals surface area contributed by atoms with Gasteiger partial charge in [0.25, 0.3) is 10.0 Å². The molecule has 0 radical (unpaired) electrons. The smallest absolute Gasteiger partial charge is 0.263 e.